The standard InChI is InChI=1S/C15H23N3O5S/c1-17(2)9-10-18(24(4,21)22)11-14(19)16-13-8-6-5-7-12(13)15(20)23-3/h5-8H,9-11H2,1-4H3,(H,16,19). The summed E-state index contributed by atoms with van der Waals surface area (Å²) < 4.78 is 29.4. The van der Waals surface area contributed by atoms with E-state index >= 15 is 0 Å². The van der Waals surface area contributed by atoms with Crippen LogP contribution in [0.5, 0.6) is 0 Å². The Morgan fingerprint density at radius 3 is 2.33 bits per heavy atom. The van der Waals surface area contributed by atoms with Gasteiger partial charge in [-0.1, -0.05) is 12.1 Å². The molecule has 0 aliphatic heterocycles. The summed E-state index contributed by atoms with van der Waals surface area (Å²) in [5.74, 6) is -1.12. The van der Waals surface area contributed by atoms with Crippen LogP contribution in [0.3, 0.4) is 0 Å². The van der Waals surface area contributed by atoms with E-state index in [1.807, 2.05) is 19.0 Å². The van der Waals surface area contributed by atoms with E-state index in [1.165, 1.54) is 13.2 Å². The van der Waals surface area contributed by atoms with Gasteiger partial charge in [0.1, 0.15) is 0 Å². The summed E-state index contributed by atoms with van der Waals surface area (Å²) in [6.45, 7) is 0.346. The molecule has 0 unspecified atom stereocenters. The maximum absolute atomic E-state index is 12.2. The Morgan fingerprint density at radius 1 is 1.17 bits per heavy atom. The largest absolute Gasteiger partial charge is 0.465 e. The van der Waals surface area contributed by atoms with Gasteiger partial charge in [0.25, 0.3) is 0 Å². The Bertz CT molecular complexity index is 688. The molecule has 1 aromatic rings. The van der Waals surface area contributed by atoms with E-state index in [0.29, 0.717) is 6.54 Å². The number of nitrogens with zero attached hydrogens (tertiary/aromatic N) is 2. The first-order valence-electron chi connectivity index (χ1n) is 7.22. The number of carbonyl (C=O) groups is 2. The second-order valence-electron chi connectivity index (χ2n) is 5.49. The van der Waals surface area contributed by atoms with Crippen molar-refractivity contribution < 1.29 is 22.7 Å². The summed E-state index contributed by atoms with van der Waals surface area (Å²) >= 11 is 0. The van der Waals surface area contributed by atoms with E-state index in [9.17, 15) is 18.0 Å². The summed E-state index contributed by atoms with van der Waals surface area (Å²) in [6.07, 6.45) is 1.05. The topological polar surface area (TPSA) is 96.0 Å². The minimum absolute atomic E-state index is 0.192. The van der Waals surface area contributed by atoms with Gasteiger partial charge in [-0.05, 0) is 26.2 Å². The van der Waals surface area contributed by atoms with Crippen molar-refractivity contribution in [2.75, 3.05) is 52.4 Å². The average Bonchev–Trinajstić information content (AvgIpc) is 2.49. The van der Waals surface area contributed by atoms with Crippen LogP contribution in [0.2, 0.25) is 0 Å². The molecular weight excluding hydrogens is 334 g/mol. The van der Waals surface area contributed by atoms with Crippen LogP contribution in [0.1, 0.15) is 10.4 Å². The molecule has 0 atom stereocenters. The molecule has 0 fully saturated rings. The smallest absolute Gasteiger partial charge is 0.339 e. The Balaban J connectivity index is 2.85. The zero-order valence-corrected chi connectivity index (χ0v) is 15.1. The van der Waals surface area contributed by atoms with Crippen molar-refractivity contribution >= 4 is 27.6 Å². The number of likely N-dealkylation sites (N-methyl/N-ethyl adjacent to an activating group) is 1. The zero-order valence-electron chi connectivity index (χ0n) is 14.3. The van der Waals surface area contributed by atoms with Crippen LogP contribution in [-0.2, 0) is 19.6 Å². The molecule has 134 valence electrons. The van der Waals surface area contributed by atoms with Crippen LogP contribution in [0.25, 0.3) is 0 Å². The lowest BCUT2D eigenvalue weighted by molar-refractivity contribution is -0.116. The minimum Gasteiger partial charge on any atom is -0.465 e. The number of rotatable bonds is 8. The third kappa shape index (κ3) is 6.26. The Morgan fingerprint density at radius 2 is 1.79 bits per heavy atom. The van der Waals surface area contributed by atoms with Crippen molar-refractivity contribution in [2.24, 2.45) is 0 Å². The number of sulfonamides is 1. The van der Waals surface area contributed by atoms with Gasteiger partial charge in [0.2, 0.25) is 15.9 Å². The van der Waals surface area contributed by atoms with E-state index in [1.54, 1.807) is 18.2 Å². The number of ether oxygens (including phenoxy) is 1. The Hall–Kier alpha value is -1.97. The van der Waals surface area contributed by atoms with Crippen LogP contribution >= 0.6 is 0 Å². The fourth-order valence-corrected chi connectivity index (χ4v) is 2.67. The van der Waals surface area contributed by atoms with Crippen LogP contribution in [0, 0.1) is 0 Å². The highest BCUT2D eigenvalue weighted by atomic mass is 32.2. The monoisotopic (exact) mass is 357 g/mol. The molecule has 0 spiro atoms. The SMILES string of the molecule is COC(=O)c1ccccc1NC(=O)CN(CCN(C)C)S(C)(=O)=O. The van der Waals surface area contributed by atoms with Gasteiger partial charge in [-0.3, -0.25) is 4.79 Å². The highest BCUT2D eigenvalue weighted by Crippen LogP contribution is 2.16. The molecule has 0 saturated carbocycles. The number of nitrogens with one attached hydrogen (secondary N) is 1. The van der Waals surface area contributed by atoms with Crippen molar-refractivity contribution in [1.29, 1.82) is 0 Å². The first-order valence-corrected chi connectivity index (χ1v) is 9.07. The first kappa shape index (κ1) is 20.1. The molecule has 0 radical (unpaired) electrons. The quantitative estimate of drug-likeness (QED) is 0.670. The lowest BCUT2D eigenvalue weighted by Crippen LogP contribution is -2.41. The van der Waals surface area contributed by atoms with Crippen molar-refractivity contribution in [3.8, 4) is 0 Å². The number of methoxy groups -OCH3 is 1. The summed E-state index contributed by atoms with van der Waals surface area (Å²) in [7, 11) is 1.34. The van der Waals surface area contributed by atoms with Gasteiger partial charge >= 0.3 is 5.97 Å². The van der Waals surface area contributed by atoms with Gasteiger partial charge < -0.3 is 15.0 Å². The molecule has 0 aliphatic rings. The van der Waals surface area contributed by atoms with E-state index in [4.69, 9.17) is 0 Å². The maximum atomic E-state index is 12.2. The third-order valence-corrected chi connectivity index (χ3v) is 4.44. The second kappa shape index (κ2) is 8.76. The van der Waals surface area contributed by atoms with Gasteiger partial charge in [0.15, 0.2) is 0 Å². The van der Waals surface area contributed by atoms with Gasteiger partial charge in [-0.2, -0.15) is 4.31 Å². The number of para-hydroxylation sites is 1. The normalized spacial score (nSPS) is 11.6. The lowest BCUT2D eigenvalue weighted by atomic mass is 10.2. The zero-order chi connectivity index (χ0) is 18.3. The van der Waals surface area contributed by atoms with Crippen LogP contribution in [-0.4, -0.2) is 76.6 Å². The molecule has 0 bridgehead atoms. The summed E-state index contributed by atoms with van der Waals surface area (Å²) in [4.78, 5) is 25.7. The molecule has 0 aromatic heterocycles. The first-order chi connectivity index (χ1) is 11.1. The molecule has 1 rings (SSSR count). The van der Waals surface area contributed by atoms with Gasteiger partial charge in [-0.25, -0.2) is 13.2 Å². The highest BCUT2D eigenvalue weighted by molar-refractivity contribution is 7.88. The summed E-state index contributed by atoms with van der Waals surface area (Å²) in [5, 5.41) is 2.56. The number of hydrogen-bond acceptors (Lipinski definition) is 6. The molecule has 9 heteroatoms. The van der Waals surface area contributed by atoms with E-state index < -0.39 is 21.9 Å². The fourth-order valence-electron chi connectivity index (χ4n) is 1.90. The molecule has 0 saturated heterocycles. The van der Waals surface area contributed by atoms with E-state index in [2.05, 4.69) is 10.1 Å². The van der Waals surface area contributed by atoms with E-state index in [0.717, 1.165) is 10.6 Å². The number of anilines is 1. The lowest BCUT2D eigenvalue weighted by Gasteiger charge is -2.21. The number of benzene rings is 1. The average molecular weight is 357 g/mol. The van der Waals surface area contributed by atoms with Crippen LogP contribution in [0.4, 0.5) is 5.69 Å². The van der Waals surface area contributed by atoms with Gasteiger partial charge in [0, 0.05) is 13.1 Å². The van der Waals surface area contributed by atoms with Gasteiger partial charge in [-0.15, -0.1) is 0 Å². The number of carbonyl (C=O) groups excluding carboxylic acids is 2. The summed E-state index contributed by atoms with van der Waals surface area (Å²) in [6, 6.07) is 6.36. The molecule has 0 aliphatic carbocycles. The van der Waals surface area contributed by atoms with Crippen LogP contribution < -0.4 is 5.32 Å². The molecule has 0 heterocycles. The van der Waals surface area contributed by atoms with E-state index in [-0.39, 0.29) is 24.3 Å². The molecular formula is C15H23N3O5S. The van der Waals surface area contributed by atoms with Gasteiger partial charge in [0.05, 0.1) is 31.2 Å². The molecule has 1 amide bonds. The Labute approximate surface area is 142 Å². The fraction of sp³-hybridized carbons (Fsp3) is 0.467. The predicted molar refractivity (Wildman–Crippen MR) is 91.4 cm³/mol. The predicted octanol–water partition coefficient (Wildman–Crippen LogP) is 0.235. The number of amides is 1. The Kier molecular flexibility index (Phi) is 7.33. The number of esters is 1. The second-order valence-corrected chi connectivity index (χ2v) is 7.47. The highest BCUT2D eigenvalue weighted by Gasteiger charge is 2.21. The molecule has 1 aromatic carbocycles. The van der Waals surface area contributed by atoms with Crippen molar-refractivity contribution in [3.05, 3.63) is 29.8 Å². The molecule has 8 nitrogen and oxygen atoms in total. The van der Waals surface area contributed by atoms with Crippen LogP contribution in [0.15, 0.2) is 24.3 Å². The summed E-state index contributed by atoms with van der Waals surface area (Å²) in [5.41, 5.74) is 0.475. The van der Waals surface area contributed by atoms with Crippen molar-refractivity contribution in [2.45, 2.75) is 0 Å². The van der Waals surface area contributed by atoms with Crippen molar-refractivity contribution in [1.82, 2.24) is 9.21 Å². The third-order valence-electron chi connectivity index (χ3n) is 3.19. The maximum Gasteiger partial charge on any atom is 0.339 e. The molecule has 1 N–H and O–H groups in total. The van der Waals surface area contributed by atoms with Crippen molar-refractivity contribution in [3.63, 3.8) is 0 Å². The number of hydrogen-bond donors (Lipinski definition) is 1. The molecule has 24 heavy (non-hydrogen) atoms. The minimum atomic E-state index is -3.52.